The highest BCUT2D eigenvalue weighted by Crippen LogP contribution is 2.42. The monoisotopic (exact) mass is 301 g/mol. The Morgan fingerprint density at radius 3 is 2.38 bits per heavy atom. The fraction of sp³-hybridized carbons (Fsp3) is 0.444. The van der Waals surface area contributed by atoms with E-state index in [9.17, 15) is 0 Å². The van der Waals surface area contributed by atoms with Crippen molar-refractivity contribution in [3.05, 3.63) is 51.7 Å². The summed E-state index contributed by atoms with van der Waals surface area (Å²) < 4.78 is 5.26. The van der Waals surface area contributed by atoms with E-state index < -0.39 is 0 Å². The van der Waals surface area contributed by atoms with E-state index in [1.165, 1.54) is 28.2 Å². The Bertz CT molecular complexity index is 586. The third-order valence-corrected chi connectivity index (χ3v) is 5.37. The van der Waals surface area contributed by atoms with Gasteiger partial charge in [0.1, 0.15) is 5.75 Å². The lowest BCUT2D eigenvalue weighted by Crippen LogP contribution is -2.25. The Hall–Kier alpha value is -1.32. The van der Waals surface area contributed by atoms with E-state index in [0.717, 1.165) is 11.7 Å². The van der Waals surface area contributed by atoms with Gasteiger partial charge in [-0.25, -0.2) is 0 Å². The lowest BCUT2D eigenvalue weighted by molar-refractivity contribution is 0.411. The lowest BCUT2D eigenvalue weighted by Gasteiger charge is -2.23. The highest BCUT2D eigenvalue weighted by atomic mass is 32.1. The molecule has 1 aromatic carbocycles. The minimum Gasteiger partial charge on any atom is -0.497 e. The number of aryl methyl sites for hydroxylation is 1. The summed E-state index contributed by atoms with van der Waals surface area (Å²) in [5, 5.41) is 3.83. The molecule has 1 N–H and O–H groups in total. The second kappa shape index (κ2) is 6.20. The van der Waals surface area contributed by atoms with Gasteiger partial charge in [0, 0.05) is 21.8 Å². The van der Waals surface area contributed by atoms with Crippen molar-refractivity contribution in [1.29, 1.82) is 0 Å². The molecule has 0 bridgehead atoms. The minimum atomic E-state index is 0.399. The number of hydrogen-bond acceptors (Lipinski definition) is 3. The van der Waals surface area contributed by atoms with E-state index in [0.29, 0.717) is 12.1 Å². The molecule has 0 amide bonds. The van der Waals surface area contributed by atoms with Crippen LogP contribution in [0.25, 0.3) is 0 Å². The number of rotatable bonds is 6. The molecule has 21 heavy (non-hydrogen) atoms. The van der Waals surface area contributed by atoms with Crippen LogP contribution in [0.2, 0.25) is 0 Å². The van der Waals surface area contributed by atoms with Crippen molar-refractivity contribution in [2.24, 2.45) is 5.92 Å². The van der Waals surface area contributed by atoms with E-state index in [1.54, 1.807) is 7.11 Å². The van der Waals surface area contributed by atoms with Crippen LogP contribution in [0.3, 0.4) is 0 Å². The van der Waals surface area contributed by atoms with Gasteiger partial charge in [-0.05, 0) is 62.4 Å². The van der Waals surface area contributed by atoms with Crippen LogP contribution in [0, 0.1) is 12.8 Å². The molecule has 1 aliphatic carbocycles. The second-order valence-electron chi connectivity index (χ2n) is 5.93. The molecule has 0 saturated heterocycles. The molecule has 2 aromatic rings. The Labute approximate surface area is 131 Å². The predicted octanol–water partition coefficient (Wildman–Crippen LogP) is 4.87. The van der Waals surface area contributed by atoms with Crippen LogP contribution in [0.1, 0.15) is 47.2 Å². The van der Waals surface area contributed by atoms with Gasteiger partial charge in [0.15, 0.2) is 0 Å². The summed E-state index contributed by atoms with van der Waals surface area (Å²) in [6, 6.07) is 13.8. The molecule has 0 radical (unpaired) electrons. The van der Waals surface area contributed by atoms with E-state index in [1.807, 2.05) is 11.3 Å². The smallest absolute Gasteiger partial charge is 0.118 e. The van der Waals surface area contributed by atoms with Gasteiger partial charge >= 0.3 is 0 Å². The summed E-state index contributed by atoms with van der Waals surface area (Å²) >= 11 is 1.89. The highest BCUT2D eigenvalue weighted by molar-refractivity contribution is 7.12. The quantitative estimate of drug-likeness (QED) is 0.822. The van der Waals surface area contributed by atoms with Crippen LogP contribution in [-0.4, -0.2) is 7.11 Å². The van der Waals surface area contributed by atoms with Gasteiger partial charge < -0.3 is 10.1 Å². The average Bonchev–Trinajstić information content (AvgIpc) is 3.25. The van der Waals surface area contributed by atoms with Crippen LogP contribution in [0.4, 0.5) is 0 Å². The second-order valence-corrected chi connectivity index (χ2v) is 7.24. The van der Waals surface area contributed by atoms with Gasteiger partial charge in [0.25, 0.3) is 0 Å². The molecule has 2 nitrogen and oxygen atoms in total. The van der Waals surface area contributed by atoms with Crippen LogP contribution in [0.5, 0.6) is 5.75 Å². The molecule has 2 unspecified atom stereocenters. The van der Waals surface area contributed by atoms with Gasteiger partial charge in [0.2, 0.25) is 0 Å². The first-order valence-corrected chi connectivity index (χ1v) is 8.45. The zero-order valence-corrected chi connectivity index (χ0v) is 13.7. The van der Waals surface area contributed by atoms with E-state index in [2.05, 4.69) is 55.6 Å². The molecule has 2 atom stereocenters. The Kier molecular flexibility index (Phi) is 4.32. The SMILES string of the molecule is COc1ccc(C(NC(C)c2ccc(C)s2)C2CC2)cc1. The molecule has 0 aliphatic heterocycles. The van der Waals surface area contributed by atoms with Crippen molar-refractivity contribution in [1.82, 2.24) is 5.32 Å². The van der Waals surface area contributed by atoms with Crippen molar-refractivity contribution in [3.8, 4) is 5.75 Å². The summed E-state index contributed by atoms with van der Waals surface area (Å²) in [6.45, 7) is 4.44. The Balaban J connectivity index is 1.75. The number of benzene rings is 1. The molecule has 1 heterocycles. The Morgan fingerprint density at radius 2 is 1.86 bits per heavy atom. The first-order chi connectivity index (χ1) is 10.2. The molecule has 0 spiro atoms. The Morgan fingerprint density at radius 1 is 1.14 bits per heavy atom. The zero-order chi connectivity index (χ0) is 14.8. The predicted molar refractivity (Wildman–Crippen MR) is 89.1 cm³/mol. The lowest BCUT2D eigenvalue weighted by atomic mass is 10.0. The van der Waals surface area contributed by atoms with E-state index in [-0.39, 0.29) is 0 Å². The highest BCUT2D eigenvalue weighted by Gasteiger charge is 2.33. The molecule has 3 rings (SSSR count). The number of nitrogens with one attached hydrogen (secondary N) is 1. The standard InChI is InChI=1S/C18H23NOS/c1-12-4-11-17(21-12)13(2)19-18(14-5-6-14)15-7-9-16(20-3)10-8-15/h4,7-11,13-14,18-19H,5-6H2,1-3H3. The number of thiophene rings is 1. The van der Waals surface area contributed by atoms with E-state index in [4.69, 9.17) is 4.74 Å². The fourth-order valence-electron chi connectivity index (χ4n) is 2.78. The topological polar surface area (TPSA) is 21.3 Å². The van der Waals surface area contributed by atoms with Gasteiger partial charge in [-0.15, -0.1) is 11.3 Å². The van der Waals surface area contributed by atoms with Gasteiger partial charge in [-0.1, -0.05) is 12.1 Å². The summed E-state index contributed by atoms with van der Waals surface area (Å²) in [5.41, 5.74) is 1.37. The van der Waals surface area contributed by atoms with E-state index >= 15 is 0 Å². The first-order valence-electron chi connectivity index (χ1n) is 7.63. The van der Waals surface area contributed by atoms with Gasteiger partial charge in [-0.2, -0.15) is 0 Å². The molecule has 1 saturated carbocycles. The van der Waals surface area contributed by atoms with Crippen molar-refractivity contribution in [2.75, 3.05) is 7.11 Å². The zero-order valence-electron chi connectivity index (χ0n) is 12.9. The fourth-order valence-corrected chi connectivity index (χ4v) is 3.67. The van der Waals surface area contributed by atoms with Crippen molar-refractivity contribution in [2.45, 2.75) is 38.8 Å². The summed E-state index contributed by atoms with van der Waals surface area (Å²) in [5.74, 6) is 1.71. The average molecular weight is 301 g/mol. The third kappa shape index (κ3) is 3.47. The molecule has 1 aromatic heterocycles. The van der Waals surface area contributed by atoms with Gasteiger partial charge in [0.05, 0.1) is 7.11 Å². The van der Waals surface area contributed by atoms with Crippen molar-refractivity contribution >= 4 is 11.3 Å². The maximum absolute atomic E-state index is 5.26. The number of methoxy groups -OCH3 is 1. The maximum Gasteiger partial charge on any atom is 0.118 e. The molecular weight excluding hydrogens is 278 g/mol. The van der Waals surface area contributed by atoms with Crippen LogP contribution < -0.4 is 10.1 Å². The van der Waals surface area contributed by atoms with Crippen molar-refractivity contribution < 1.29 is 4.74 Å². The molecule has 112 valence electrons. The summed E-state index contributed by atoms with van der Waals surface area (Å²) in [4.78, 5) is 2.80. The maximum atomic E-state index is 5.26. The normalized spacial score (nSPS) is 17.5. The molecule has 3 heteroatoms. The molecular formula is C18H23NOS. The van der Waals surface area contributed by atoms with Crippen LogP contribution in [0.15, 0.2) is 36.4 Å². The number of ether oxygens (including phenoxy) is 1. The summed E-state index contributed by atoms with van der Waals surface area (Å²) in [6.07, 6.45) is 2.67. The van der Waals surface area contributed by atoms with Crippen molar-refractivity contribution in [3.63, 3.8) is 0 Å². The first kappa shape index (κ1) is 14.6. The minimum absolute atomic E-state index is 0.399. The summed E-state index contributed by atoms with van der Waals surface area (Å²) in [7, 11) is 1.72. The molecule has 1 aliphatic rings. The largest absolute Gasteiger partial charge is 0.497 e. The van der Waals surface area contributed by atoms with Crippen LogP contribution in [-0.2, 0) is 0 Å². The molecule has 1 fully saturated rings. The number of hydrogen-bond donors (Lipinski definition) is 1. The third-order valence-electron chi connectivity index (χ3n) is 4.19. The van der Waals surface area contributed by atoms with Gasteiger partial charge in [-0.3, -0.25) is 0 Å². The van der Waals surface area contributed by atoms with Crippen LogP contribution >= 0.6 is 11.3 Å².